The van der Waals surface area contributed by atoms with E-state index < -0.39 is 0 Å². The van der Waals surface area contributed by atoms with E-state index in [1.54, 1.807) is 0 Å². The van der Waals surface area contributed by atoms with Crippen LogP contribution in [0.1, 0.15) is 38.0 Å². The van der Waals surface area contributed by atoms with Gasteiger partial charge in [-0.25, -0.2) is 0 Å². The molecule has 0 amide bonds. The van der Waals surface area contributed by atoms with Crippen LogP contribution in [0.4, 0.5) is 0 Å². The van der Waals surface area contributed by atoms with Gasteiger partial charge in [0.2, 0.25) is 0 Å². The Bertz CT molecular complexity index is 748. The highest BCUT2D eigenvalue weighted by Crippen LogP contribution is 2.42. The summed E-state index contributed by atoms with van der Waals surface area (Å²) in [5.74, 6) is 1.65. The number of nitrogens with zero attached hydrogens (tertiary/aromatic N) is 1. The average Bonchev–Trinajstić information content (AvgIpc) is 2.67. The summed E-state index contributed by atoms with van der Waals surface area (Å²) in [6, 6.07) is 16.7. The number of rotatable bonds is 2. The summed E-state index contributed by atoms with van der Waals surface area (Å²) >= 11 is 0. The second kappa shape index (κ2) is 6.93. The molecule has 2 atom stereocenters. The maximum atomic E-state index is 6.51. The molecule has 4 heteroatoms. The van der Waals surface area contributed by atoms with Gasteiger partial charge in [0.1, 0.15) is 0 Å². The number of hydrogen-bond acceptors (Lipinski definition) is 4. The van der Waals surface area contributed by atoms with E-state index in [1.165, 1.54) is 5.56 Å². The van der Waals surface area contributed by atoms with Crippen LogP contribution in [0.5, 0.6) is 11.5 Å². The first-order valence-electron chi connectivity index (χ1n) is 9.37. The van der Waals surface area contributed by atoms with E-state index >= 15 is 0 Å². The minimum absolute atomic E-state index is 0.0711. The van der Waals surface area contributed by atoms with Crippen molar-refractivity contribution >= 4 is 0 Å². The van der Waals surface area contributed by atoms with Gasteiger partial charge in [0.25, 0.3) is 0 Å². The fourth-order valence-electron chi connectivity index (χ4n) is 3.52. The van der Waals surface area contributed by atoms with Crippen molar-refractivity contribution in [3.05, 3.63) is 59.7 Å². The highest BCUT2D eigenvalue weighted by molar-refractivity contribution is 5.46. The van der Waals surface area contributed by atoms with Crippen LogP contribution in [0.25, 0.3) is 0 Å². The van der Waals surface area contributed by atoms with Gasteiger partial charge < -0.3 is 14.2 Å². The van der Waals surface area contributed by atoms with Crippen LogP contribution >= 0.6 is 0 Å². The number of hydrogen-bond donors (Lipinski definition) is 0. The Kier molecular flexibility index (Phi) is 4.63. The SMILES string of the molecule is CC(C)(C)c1ccc2c(c1)OC(c1ccccc1)C(N1CCOCC1)O2. The summed E-state index contributed by atoms with van der Waals surface area (Å²) < 4.78 is 18.5. The van der Waals surface area contributed by atoms with Crippen LogP contribution in [0.3, 0.4) is 0 Å². The third-order valence-corrected chi connectivity index (χ3v) is 5.10. The van der Waals surface area contributed by atoms with Crippen molar-refractivity contribution < 1.29 is 14.2 Å². The summed E-state index contributed by atoms with van der Waals surface area (Å²) in [5.41, 5.74) is 2.45. The van der Waals surface area contributed by atoms with Gasteiger partial charge in [0.05, 0.1) is 13.2 Å². The van der Waals surface area contributed by atoms with E-state index in [0.717, 1.165) is 43.4 Å². The Morgan fingerprint density at radius 1 is 0.885 bits per heavy atom. The Morgan fingerprint density at radius 2 is 1.62 bits per heavy atom. The Hall–Kier alpha value is -2.04. The maximum absolute atomic E-state index is 6.51. The first-order chi connectivity index (χ1) is 12.5. The minimum atomic E-state index is -0.156. The second-order valence-corrected chi connectivity index (χ2v) is 8.02. The molecule has 1 fully saturated rings. The molecule has 4 rings (SSSR count). The Morgan fingerprint density at radius 3 is 2.31 bits per heavy atom. The molecule has 0 saturated carbocycles. The summed E-state index contributed by atoms with van der Waals surface area (Å²) in [6.07, 6.45) is -0.300. The zero-order valence-electron chi connectivity index (χ0n) is 15.8. The summed E-state index contributed by atoms with van der Waals surface area (Å²) in [6.45, 7) is 9.81. The fourth-order valence-corrected chi connectivity index (χ4v) is 3.52. The third kappa shape index (κ3) is 3.44. The molecule has 26 heavy (non-hydrogen) atoms. The van der Waals surface area contributed by atoms with E-state index in [-0.39, 0.29) is 17.7 Å². The lowest BCUT2D eigenvalue weighted by molar-refractivity contribution is -0.109. The number of benzene rings is 2. The fraction of sp³-hybridized carbons (Fsp3) is 0.455. The van der Waals surface area contributed by atoms with Crippen molar-refractivity contribution in [1.82, 2.24) is 4.90 Å². The van der Waals surface area contributed by atoms with Crippen LogP contribution in [-0.4, -0.2) is 37.4 Å². The standard InChI is InChI=1S/C22H27NO3/c1-22(2,3)17-9-10-18-19(15-17)25-20(16-7-5-4-6-8-16)21(26-18)23-11-13-24-14-12-23/h4-10,15,20-21H,11-14H2,1-3H3. The monoisotopic (exact) mass is 353 g/mol. The predicted molar refractivity (Wildman–Crippen MR) is 102 cm³/mol. The molecule has 2 aromatic rings. The largest absolute Gasteiger partial charge is 0.476 e. The summed E-state index contributed by atoms with van der Waals surface area (Å²) in [5, 5.41) is 0. The molecule has 2 heterocycles. The zero-order chi connectivity index (χ0) is 18.1. The highest BCUT2D eigenvalue weighted by atomic mass is 16.6. The van der Waals surface area contributed by atoms with Crippen molar-refractivity contribution in [2.24, 2.45) is 0 Å². The molecular weight excluding hydrogens is 326 g/mol. The quantitative estimate of drug-likeness (QED) is 0.811. The Labute approximate surface area is 155 Å². The number of morpholine rings is 1. The molecule has 0 spiro atoms. The first kappa shape index (κ1) is 17.4. The second-order valence-electron chi connectivity index (χ2n) is 8.02. The van der Waals surface area contributed by atoms with Gasteiger partial charge in [0.15, 0.2) is 23.8 Å². The van der Waals surface area contributed by atoms with Gasteiger partial charge in [-0.1, -0.05) is 57.2 Å². The van der Waals surface area contributed by atoms with Crippen LogP contribution in [-0.2, 0) is 10.2 Å². The van der Waals surface area contributed by atoms with Crippen molar-refractivity contribution in [2.45, 2.75) is 38.5 Å². The summed E-state index contributed by atoms with van der Waals surface area (Å²) in [4.78, 5) is 2.32. The van der Waals surface area contributed by atoms with E-state index in [4.69, 9.17) is 14.2 Å². The van der Waals surface area contributed by atoms with Crippen molar-refractivity contribution in [3.63, 3.8) is 0 Å². The molecule has 0 bridgehead atoms. The van der Waals surface area contributed by atoms with E-state index in [2.05, 4.69) is 62.1 Å². The smallest absolute Gasteiger partial charge is 0.194 e. The normalized spacial score (nSPS) is 23.7. The molecule has 4 nitrogen and oxygen atoms in total. The number of fused-ring (bicyclic) bond motifs is 1. The van der Waals surface area contributed by atoms with Gasteiger partial charge in [-0.2, -0.15) is 0 Å². The van der Waals surface area contributed by atoms with Crippen molar-refractivity contribution in [3.8, 4) is 11.5 Å². The first-order valence-corrected chi connectivity index (χ1v) is 9.37. The average molecular weight is 353 g/mol. The third-order valence-electron chi connectivity index (χ3n) is 5.10. The lowest BCUT2D eigenvalue weighted by Gasteiger charge is -2.42. The maximum Gasteiger partial charge on any atom is 0.194 e. The van der Waals surface area contributed by atoms with Gasteiger partial charge in [0, 0.05) is 13.1 Å². The Balaban J connectivity index is 1.70. The molecule has 0 radical (unpaired) electrons. The predicted octanol–water partition coefficient (Wildman–Crippen LogP) is 4.15. The van der Waals surface area contributed by atoms with Crippen LogP contribution in [0, 0.1) is 0 Å². The number of ether oxygens (including phenoxy) is 3. The van der Waals surface area contributed by atoms with Crippen molar-refractivity contribution in [1.29, 1.82) is 0 Å². The molecule has 0 aromatic heterocycles. The highest BCUT2D eigenvalue weighted by Gasteiger charge is 2.38. The van der Waals surface area contributed by atoms with E-state index in [0.29, 0.717) is 0 Å². The lowest BCUT2D eigenvalue weighted by Crippen LogP contribution is -2.51. The van der Waals surface area contributed by atoms with Gasteiger partial charge in [-0.3, -0.25) is 4.90 Å². The van der Waals surface area contributed by atoms with Gasteiger partial charge in [-0.15, -0.1) is 0 Å². The topological polar surface area (TPSA) is 30.9 Å². The zero-order valence-corrected chi connectivity index (χ0v) is 15.8. The van der Waals surface area contributed by atoms with Gasteiger partial charge >= 0.3 is 0 Å². The van der Waals surface area contributed by atoms with E-state index in [1.807, 2.05) is 12.1 Å². The molecule has 138 valence electrons. The molecule has 0 N–H and O–H groups in total. The minimum Gasteiger partial charge on any atom is -0.476 e. The van der Waals surface area contributed by atoms with Crippen LogP contribution < -0.4 is 9.47 Å². The molecular formula is C22H27NO3. The van der Waals surface area contributed by atoms with Crippen molar-refractivity contribution in [2.75, 3.05) is 26.3 Å². The molecule has 1 saturated heterocycles. The molecule has 2 aliphatic rings. The van der Waals surface area contributed by atoms with Crippen LogP contribution in [0.15, 0.2) is 48.5 Å². The van der Waals surface area contributed by atoms with E-state index in [9.17, 15) is 0 Å². The molecule has 0 aliphatic carbocycles. The summed E-state index contributed by atoms with van der Waals surface area (Å²) in [7, 11) is 0. The molecule has 2 aliphatic heterocycles. The van der Waals surface area contributed by atoms with Gasteiger partial charge in [-0.05, 0) is 28.7 Å². The molecule has 2 unspecified atom stereocenters. The lowest BCUT2D eigenvalue weighted by atomic mass is 9.87. The molecule has 2 aromatic carbocycles. The van der Waals surface area contributed by atoms with Crippen LogP contribution in [0.2, 0.25) is 0 Å².